The lowest BCUT2D eigenvalue weighted by Crippen LogP contribution is -2.42. The van der Waals surface area contributed by atoms with Gasteiger partial charge in [0.1, 0.15) is 0 Å². The quantitative estimate of drug-likeness (QED) is 0.643. The highest BCUT2D eigenvalue weighted by molar-refractivity contribution is 6.09. The minimum atomic E-state index is -0.275. The van der Waals surface area contributed by atoms with Crippen LogP contribution in [0.1, 0.15) is 52.2 Å². The fraction of sp³-hybridized carbons (Fsp3) is 0.346. The Balaban J connectivity index is 1.58. The molecular weight excluding hydrogens is 400 g/mol. The van der Waals surface area contributed by atoms with Gasteiger partial charge in [-0.3, -0.25) is 9.59 Å². The third-order valence-corrected chi connectivity index (χ3v) is 6.16. The molecule has 2 amide bonds. The molecule has 1 aromatic heterocycles. The van der Waals surface area contributed by atoms with Gasteiger partial charge >= 0.3 is 0 Å². The van der Waals surface area contributed by atoms with Crippen molar-refractivity contribution >= 4 is 17.5 Å². The van der Waals surface area contributed by atoms with Crippen molar-refractivity contribution in [2.75, 3.05) is 18.4 Å². The van der Waals surface area contributed by atoms with Crippen LogP contribution in [0, 0.1) is 25.7 Å². The highest BCUT2D eigenvalue weighted by Gasteiger charge is 2.28. The van der Waals surface area contributed by atoms with E-state index >= 15 is 0 Å². The molecular formula is C26H30N4O2. The lowest BCUT2D eigenvalue weighted by Gasteiger charge is -2.35. The van der Waals surface area contributed by atoms with E-state index in [2.05, 4.69) is 24.3 Å². The van der Waals surface area contributed by atoms with Gasteiger partial charge in [0.2, 0.25) is 0 Å². The standard InChI is InChI=1S/C26H30N4O2/c1-17-13-18(2)16-29(15-17)26(32)21-10-6-7-11-23(21)28-25(31)22-14-27-30(20(22)4)24-12-8-5-9-19(24)3/h5-12,14,17-18H,13,15-16H2,1-4H3,(H,28,31). The number of amides is 2. The summed E-state index contributed by atoms with van der Waals surface area (Å²) in [5, 5.41) is 7.39. The third-order valence-electron chi connectivity index (χ3n) is 6.16. The summed E-state index contributed by atoms with van der Waals surface area (Å²) in [6.45, 7) is 9.74. The smallest absolute Gasteiger partial charge is 0.259 e. The molecule has 1 aliphatic rings. The Morgan fingerprint density at radius 1 is 0.938 bits per heavy atom. The first kappa shape index (κ1) is 21.8. The van der Waals surface area contributed by atoms with Gasteiger partial charge in [0.15, 0.2) is 0 Å². The molecule has 6 heteroatoms. The van der Waals surface area contributed by atoms with Gasteiger partial charge in [-0.2, -0.15) is 5.10 Å². The van der Waals surface area contributed by atoms with E-state index in [0.717, 1.165) is 36.5 Å². The number of nitrogens with one attached hydrogen (secondary N) is 1. The zero-order chi connectivity index (χ0) is 22.8. The highest BCUT2D eigenvalue weighted by atomic mass is 16.2. The summed E-state index contributed by atoms with van der Waals surface area (Å²) in [5.74, 6) is 0.633. The van der Waals surface area contributed by atoms with Gasteiger partial charge < -0.3 is 10.2 Å². The van der Waals surface area contributed by atoms with E-state index in [9.17, 15) is 9.59 Å². The van der Waals surface area contributed by atoms with Crippen LogP contribution in [0.25, 0.3) is 5.69 Å². The Hall–Kier alpha value is -3.41. The molecule has 1 saturated heterocycles. The summed E-state index contributed by atoms with van der Waals surface area (Å²) < 4.78 is 1.78. The first-order chi connectivity index (χ1) is 15.3. The van der Waals surface area contributed by atoms with Crippen LogP contribution in [0.4, 0.5) is 5.69 Å². The Bertz CT molecular complexity index is 1140. The van der Waals surface area contributed by atoms with E-state index in [4.69, 9.17) is 0 Å². The zero-order valence-electron chi connectivity index (χ0n) is 19.1. The average molecular weight is 431 g/mol. The Labute approximate surface area is 189 Å². The number of hydrogen-bond donors (Lipinski definition) is 1. The third kappa shape index (κ3) is 4.31. The minimum Gasteiger partial charge on any atom is -0.338 e. The van der Waals surface area contributed by atoms with Gasteiger partial charge in [-0.25, -0.2) is 4.68 Å². The van der Waals surface area contributed by atoms with Gasteiger partial charge in [-0.1, -0.05) is 44.2 Å². The molecule has 1 fully saturated rings. The van der Waals surface area contributed by atoms with E-state index < -0.39 is 0 Å². The summed E-state index contributed by atoms with van der Waals surface area (Å²) in [4.78, 5) is 28.3. The predicted octanol–water partition coefficient (Wildman–Crippen LogP) is 4.86. The number of hydrogen-bond acceptors (Lipinski definition) is 3. The van der Waals surface area contributed by atoms with Crippen molar-refractivity contribution < 1.29 is 9.59 Å². The molecule has 166 valence electrons. The molecule has 2 heterocycles. The molecule has 2 atom stereocenters. The Morgan fingerprint density at radius 2 is 1.59 bits per heavy atom. The fourth-order valence-corrected chi connectivity index (χ4v) is 4.64. The first-order valence-electron chi connectivity index (χ1n) is 11.2. The average Bonchev–Trinajstić information content (AvgIpc) is 3.14. The molecule has 2 unspecified atom stereocenters. The molecule has 0 bridgehead atoms. The number of carbonyl (C=O) groups is 2. The normalized spacial score (nSPS) is 18.4. The summed E-state index contributed by atoms with van der Waals surface area (Å²) >= 11 is 0. The van der Waals surface area contributed by atoms with Crippen LogP contribution in [-0.2, 0) is 0 Å². The van der Waals surface area contributed by atoms with Crippen molar-refractivity contribution in [2.24, 2.45) is 11.8 Å². The highest BCUT2D eigenvalue weighted by Crippen LogP contribution is 2.26. The monoisotopic (exact) mass is 430 g/mol. The van der Waals surface area contributed by atoms with Gasteiger partial charge in [-0.05, 0) is 55.9 Å². The molecule has 1 N–H and O–H groups in total. The van der Waals surface area contributed by atoms with Crippen molar-refractivity contribution in [1.82, 2.24) is 14.7 Å². The number of piperidine rings is 1. The number of aromatic nitrogens is 2. The lowest BCUT2D eigenvalue weighted by molar-refractivity contribution is 0.0624. The topological polar surface area (TPSA) is 67.2 Å². The van der Waals surface area contributed by atoms with E-state index in [1.54, 1.807) is 23.0 Å². The molecule has 4 rings (SSSR count). The molecule has 0 radical (unpaired) electrons. The van der Waals surface area contributed by atoms with E-state index in [1.807, 2.05) is 55.1 Å². The van der Waals surface area contributed by atoms with Crippen molar-refractivity contribution in [3.63, 3.8) is 0 Å². The van der Waals surface area contributed by atoms with Gasteiger partial charge in [-0.15, -0.1) is 0 Å². The number of rotatable bonds is 4. The van der Waals surface area contributed by atoms with Crippen molar-refractivity contribution in [2.45, 2.75) is 34.1 Å². The van der Waals surface area contributed by atoms with Crippen LogP contribution in [-0.4, -0.2) is 39.6 Å². The molecule has 6 nitrogen and oxygen atoms in total. The fourth-order valence-electron chi connectivity index (χ4n) is 4.64. The molecule has 1 aliphatic heterocycles. The maximum atomic E-state index is 13.3. The SMILES string of the molecule is Cc1ccccc1-n1ncc(C(=O)Nc2ccccc2C(=O)N2CC(C)CC(C)C2)c1C. The lowest BCUT2D eigenvalue weighted by atomic mass is 9.91. The largest absolute Gasteiger partial charge is 0.338 e. The van der Waals surface area contributed by atoms with Crippen LogP contribution in [0.3, 0.4) is 0 Å². The summed E-state index contributed by atoms with van der Waals surface area (Å²) in [7, 11) is 0. The summed E-state index contributed by atoms with van der Waals surface area (Å²) in [6, 6.07) is 15.1. The first-order valence-corrected chi connectivity index (χ1v) is 11.2. The maximum absolute atomic E-state index is 13.3. The Kier molecular flexibility index (Phi) is 6.12. The van der Waals surface area contributed by atoms with Crippen LogP contribution in [0.5, 0.6) is 0 Å². The molecule has 0 aliphatic carbocycles. The van der Waals surface area contributed by atoms with Crippen molar-refractivity contribution in [3.8, 4) is 5.69 Å². The second-order valence-corrected chi connectivity index (χ2v) is 9.00. The Morgan fingerprint density at radius 3 is 2.31 bits per heavy atom. The van der Waals surface area contributed by atoms with Crippen LogP contribution >= 0.6 is 0 Å². The summed E-state index contributed by atoms with van der Waals surface area (Å²) in [6.07, 6.45) is 2.71. The molecule has 3 aromatic rings. The van der Waals surface area contributed by atoms with E-state index in [-0.39, 0.29) is 11.8 Å². The van der Waals surface area contributed by atoms with Crippen molar-refractivity contribution in [3.05, 3.63) is 77.1 Å². The molecule has 0 saturated carbocycles. The number of para-hydroxylation sites is 2. The number of likely N-dealkylation sites (tertiary alicyclic amines) is 1. The minimum absolute atomic E-state index is 0.0355. The molecule has 32 heavy (non-hydrogen) atoms. The number of carbonyl (C=O) groups excluding carboxylic acids is 2. The number of nitrogens with zero attached hydrogens (tertiary/aromatic N) is 3. The number of benzene rings is 2. The second kappa shape index (κ2) is 8.99. The van der Waals surface area contributed by atoms with Gasteiger partial charge in [0, 0.05) is 13.1 Å². The zero-order valence-corrected chi connectivity index (χ0v) is 19.1. The van der Waals surface area contributed by atoms with Crippen molar-refractivity contribution in [1.29, 1.82) is 0 Å². The van der Waals surface area contributed by atoms with Gasteiger partial charge in [0.25, 0.3) is 11.8 Å². The maximum Gasteiger partial charge on any atom is 0.259 e. The molecule has 2 aromatic carbocycles. The predicted molar refractivity (Wildman–Crippen MR) is 126 cm³/mol. The number of aryl methyl sites for hydroxylation is 1. The summed E-state index contributed by atoms with van der Waals surface area (Å²) in [5.41, 5.74) is 4.29. The van der Waals surface area contributed by atoms with Gasteiger partial charge in [0.05, 0.1) is 34.4 Å². The van der Waals surface area contributed by atoms with Crippen LogP contribution in [0.15, 0.2) is 54.7 Å². The number of anilines is 1. The van der Waals surface area contributed by atoms with Crippen LogP contribution in [0.2, 0.25) is 0 Å². The second-order valence-electron chi connectivity index (χ2n) is 9.00. The molecule has 0 spiro atoms. The van der Waals surface area contributed by atoms with E-state index in [1.165, 1.54) is 0 Å². The van der Waals surface area contributed by atoms with Crippen LogP contribution < -0.4 is 5.32 Å². The van der Waals surface area contributed by atoms with E-state index in [0.29, 0.717) is 28.7 Å².